The van der Waals surface area contributed by atoms with Crippen LogP contribution in [0.4, 0.5) is 0 Å². The van der Waals surface area contributed by atoms with E-state index >= 15 is 0 Å². The van der Waals surface area contributed by atoms with Crippen molar-refractivity contribution in [3.63, 3.8) is 0 Å². The van der Waals surface area contributed by atoms with Crippen molar-refractivity contribution in [3.8, 4) is 90.5 Å². The minimum absolute atomic E-state index is 0.00455. The van der Waals surface area contributed by atoms with Crippen LogP contribution >= 0.6 is 0 Å². The maximum atomic E-state index is 11.7. The molecule has 10 rings (SSSR count). The van der Waals surface area contributed by atoms with Crippen molar-refractivity contribution in [2.45, 2.75) is 0 Å². The van der Waals surface area contributed by atoms with Gasteiger partial charge in [0.25, 0.3) is 0 Å². The first-order valence-electron chi connectivity index (χ1n) is 18.5. The zero-order valence-electron chi connectivity index (χ0n) is 30.4. The van der Waals surface area contributed by atoms with Gasteiger partial charge in [0.15, 0.2) is 23.0 Å². The molecule has 10 aromatic carbocycles. The monoisotopic (exact) mass is 760 g/mol. The Labute approximate surface area is 329 Å². The second-order valence-electron chi connectivity index (χ2n) is 14.4. The Kier molecular flexibility index (Phi) is 7.55. The van der Waals surface area contributed by atoms with E-state index in [2.05, 4.69) is 36.4 Å². The molecular formula is C50H32O8. The molecule has 0 saturated carbocycles. The minimum Gasteiger partial charge on any atom is -0.504 e. The lowest BCUT2D eigenvalue weighted by atomic mass is 9.82. The third-order valence-corrected chi connectivity index (χ3v) is 11.3. The molecule has 0 amide bonds. The van der Waals surface area contributed by atoms with Crippen molar-refractivity contribution in [1.29, 1.82) is 0 Å². The molecule has 0 spiro atoms. The average Bonchev–Trinajstić information content (AvgIpc) is 3.27. The molecule has 8 N–H and O–H groups in total. The van der Waals surface area contributed by atoms with Crippen molar-refractivity contribution >= 4 is 53.9 Å². The normalized spacial score (nSPS) is 11.7. The molecule has 0 aromatic heterocycles. The average molecular weight is 761 g/mol. The van der Waals surface area contributed by atoms with Crippen molar-refractivity contribution < 1.29 is 40.9 Å². The zero-order valence-corrected chi connectivity index (χ0v) is 30.4. The van der Waals surface area contributed by atoms with Crippen molar-refractivity contribution in [3.05, 3.63) is 146 Å². The van der Waals surface area contributed by atoms with Crippen LogP contribution in [0.3, 0.4) is 0 Å². The van der Waals surface area contributed by atoms with Crippen LogP contribution in [0, 0.1) is 0 Å². The van der Waals surface area contributed by atoms with Gasteiger partial charge in [-0.1, -0.05) is 140 Å². The summed E-state index contributed by atoms with van der Waals surface area (Å²) in [6.07, 6.45) is 0. The fourth-order valence-corrected chi connectivity index (χ4v) is 8.68. The van der Waals surface area contributed by atoms with Gasteiger partial charge in [0.2, 0.25) is 23.0 Å². The molecule has 0 aliphatic rings. The lowest BCUT2D eigenvalue weighted by Gasteiger charge is -2.23. The van der Waals surface area contributed by atoms with Crippen LogP contribution in [0.1, 0.15) is 0 Å². The van der Waals surface area contributed by atoms with Crippen LogP contribution in [0.2, 0.25) is 0 Å². The Bertz CT molecular complexity index is 3280. The summed E-state index contributed by atoms with van der Waals surface area (Å²) in [6.45, 7) is 0. The number of phenolic OH excluding ortho intramolecular Hbond substituents is 8. The number of aromatic hydroxyl groups is 8. The van der Waals surface area contributed by atoms with Crippen LogP contribution in [-0.2, 0) is 0 Å². The topological polar surface area (TPSA) is 162 Å². The smallest absolute Gasteiger partial charge is 0.204 e. The number of phenols is 8. The van der Waals surface area contributed by atoms with Gasteiger partial charge < -0.3 is 40.9 Å². The van der Waals surface area contributed by atoms with E-state index in [1.807, 2.05) is 72.8 Å². The summed E-state index contributed by atoms with van der Waals surface area (Å²) >= 11 is 0. The summed E-state index contributed by atoms with van der Waals surface area (Å²) in [6, 6.07) is 46.4. The molecule has 0 bridgehead atoms. The van der Waals surface area contributed by atoms with Crippen LogP contribution in [0.25, 0.3) is 98.4 Å². The molecule has 0 aliphatic heterocycles. The Morgan fingerprint density at radius 2 is 0.655 bits per heavy atom. The number of hydrogen-bond donors (Lipinski definition) is 8. The second kappa shape index (κ2) is 12.7. The second-order valence-corrected chi connectivity index (χ2v) is 14.4. The summed E-state index contributed by atoms with van der Waals surface area (Å²) in [5.41, 5.74) is 4.47. The molecular weight excluding hydrogens is 729 g/mol. The number of hydrogen-bond acceptors (Lipinski definition) is 8. The van der Waals surface area contributed by atoms with Gasteiger partial charge in [-0.25, -0.2) is 0 Å². The van der Waals surface area contributed by atoms with Crippen LogP contribution in [0.5, 0.6) is 46.0 Å². The fourth-order valence-electron chi connectivity index (χ4n) is 8.68. The van der Waals surface area contributed by atoms with Gasteiger partial charge in [-0.15, -0.1) is 0 Å². The molecule has 8 heteroatoms. The van der Waals surface area contributed by atoms with Crippen LogP contribution in [0.15, 0.2) is 146 Å². The largest absolute Gasteiger partial charge is 0.504 e. The summed E-state index contributed by atoms with van der Waals surface area (Å²) < 4.78 is 0. The van der Waals surface area contributed by atoms with Crippen molar-refractivity contribution in [2.75, 3.05) is 0 Å². The van der Waals surface area contributed by atoms with Crippen LogP contribution < -0.4 is 0 Å². The lowest BCUT2D eigenvalue weighted by molar-refractivity contribution is 0.350. The Balaban J connectivity index is 1.28. The predicted molar refractivity (Wildman–Crippen MR) is 229 cm³/mol. The van der Waals surface area contributed by atoms with E-state index in [9.17, 15) is 40.9 Å². The third kappa shape index (κ3) is 4.82. The standard InChI is InChI=1S/C50H32O8/c51-43-39-37(27-22-20-26(21-23-27)29-13-5-6-17-33(29)36-24-28-11-2-4-15-31(28)32-16-7-8-18-34(32)36)40-42(46(54)50(58)48(56)44(40)52)38(41(39)45(53)49(57)47(43)55)35-19-9-12-25-10-1-3-14-30(25)35/h1-24,51-58H. The maximum Gasteiger partial charge on any atom is 0.204 e. The van der Waals surface area contributed by atoms with Gasteiger partial charge >= 0.3 is 0 Å². The van der Waals surface area contributed by atoms with Gasteiger partial charge in [0.05, 0.1) is 0 Å². The van der Waals surface area contributed by atoms with Gasteiger partial charge in [0, 0.05) is 32.7 Å². The highest BCUT2D eigenvalue weighted by molar-refractivity contribution is 6.30. The molecule has 10 aromatic rings. The maximum absolute atomic E-state index is 11.7. The Morgan fingerprint density at radius 1 is 0.241 bits per heavy atom. The molecule has 0 aliphatic carbocycles. The SMILES string of the molecule is Oc1c(O)c(O)c2c(-c3cccc4ccccc34)c3c(O)c(O)c(O)c(O)c3c(-c3ccc(-c4ccccc4-c4cc5ccccc5c5ccccc45)cc3)c2c1O. The van der Waals surface area contributed by atoms with E-state index in [0.717, 1.165) is 49.2 Å². The summed E-state index contributed by atoms with van der Waals surface area (Å²) in [5, 5.41) is 95.8. The summed E-state index contributed by atoms with van der Waals surface area (Å²) in [5.74, 6) is -7.37. The van der Waals surface area contributed by atoms with Crippen LogP contribution in [-0.4, -0.2) is 40.9 Å². The molecule has 0 unspecified atom stereocenters. The fraction of sp³-hybridized carbons (Fsp3) is 0. The van der Waals surface area contributed by atoms with Gasteiger partial charge in [-0.2, -0.15) is 0 Å². The van der Waals surface area contributed by atoms with E-state index in [1.165, 1.54) is 0 Å². The lowest BCUT2D eigenvalue weighted by Crippen LogP contribution is -1.95. The van der Waals surface area contributed by atoms with E-state index in [4.69, 9.17) is 0 Å². The van der Waals surface area contributed by atoms with Crippen molar-refractivity contribution in [1.82, 2.24) is 0 Å². The number of fused-ring (bicyclic) bond motifs is 6. The van der Waals surface area contributed by atoms with Gasteiger partial charge in [0.1, 0.15) is 0 Å². The summed E-state index contributed by atoms with van der Waals surface area (Å²) in [4.78, 5) is 0. The molecule has 58 heavy (non-hydrogen) atoms. The highest BCUT2D eigenvalue weighted by atomic mass is 16.4. The molecule has 0 radical (unpaired) electrons. The van der Waals surface area contributed by atoms with Crippen molar-refractivity contribution in [2.24, 2.45) is 0 Å². The molecule has 8 nitrogen and oxygen atoms in total. The van der Waals surface area contributed by atoms with E-state index < -0.39 is 46.0 Å². The van der Waals surface area contributed by atoms with E-state index in [-0.39, 0.29) is 32.7 Å². The third-order valence-electron chi connectivity index (χ3n) is 11.3. The summed E-state index contributed by atoms with van der Waals surface area (Å²) in [7, 11) is 0. The molecule has 0 saturated heterocycles. The van der Waals surface area contributed by atoms with Gasteiger partial charge in [-0.3, -0.25) is 0 Å². The number of benzene rings is 10. The number of rotatable bonds is 4. The Hall–Kier alpha value is -8.10. The van der Waals surface area contributed by atoms with Gasteiger partial charge in [-0.05, 0) is 71.8 Å². The zero-order chi connectivity index (χ0) is 40.0. The minimum atomic E-state index is -1.02. The molecule has 280 valence electrons. The first kappa shape index (κ1) is 34.4. The molecule has 0 fully saturated rings. The molecule has 0 atom stereocenters. The highest BCUT2D eigenvalue weighted by Gasteiger charge is 2.32. The van der Waals surface area contributed by atoms with E-state index in [0.29, 0.717) is 16.5 Å². The first-order chi connectivity index (χ1) is 28.2. The van der Waals surface area contributed by atoms with E-state index in [1.54, 1.807) is 36.4 Å². The molecule has 0 heterocycles. The highest BCUT2D eigenvalue weighted by Crippen LogP contribution is 2.62. The Morgan fingerprint density at radius 3 is 1.26 bits per heavy atom. The quantitative estimate of drug-likeness (QED) is 0.0380. The first-order valence-corrected chi connectivity index (χ1v) is 18.5. The predicted octanol–water partition coefficient (Wildman–Crippen LogP) is 11.8.